The van der Waals surface area contributed by atoms with E-state index in [9.17, 15) is 9.59 Å². The van der Waals surface area contributed by atoms with Gasteiger partial charge in [-0.25, -0.2) is 9.48 Å². The van der Waals surface area contributed by atoms with Crippen molar-refractivity contribution in [3.63, 3.8) is 0 Å². The van der Waals surface area contributed by atoms with Crippen molar-refractivity contribution in [1.82, 2.24) is 14.7 Å². The number of benzene rings is 1. The molecule has 0 aliphatic carbocycles. The van der Waals surface area contributed by atoms with Crippen LogP contribution in [0.15, 0.2) is 30.6 Å². The quantitative estimate of drug-likeness (QED) is 0.887. The first-order valence-corrected chi connectivity index (χ1v) is 7.23. The highest BCUT2D eigenvalue weighted by molar-refractivity contribution is 5.91. The normalized spacial score (nSPS) is 10.4. The zero-order valence-corrected chi connectivity index (χ0v) is 13.4. The molecule has 2 N–H and O–H groups in total. The molecule has 122 valence electrons. The number of carboxylic acid groups (broad SMARTS) is 1. The molecule has 0 aliphatic rings. The summed E-state index contributed by atoms with van der Waals surface area (Å²) in [5.74, 6) is -0.937. The van der Waals surface area contributed by atoms with E-state index in [1.54, 1.807) is 17.9 Å². The van der Waals surface area contributed by atoms with Crippen LogP contribution in [-0.4, -0.2) is 45.4 Å². The number of aliphatic carboxylic acids is 1. The van der Waals surface area contributed by atoms with Crippen molar-refractivity contribution >= 4 is 17.7 Å². The molecule has 23 heavy (non-hydrogen) atoms. The first kappa shape index (κ1) is 16.5. The molecular weight excluding hydrogens is 296 g/mol. The molecule has 1 heterocycles. The standard InChI is InChI=1S/C16H20N4O3/c1-11-4-5-14(20-10-12(2)9-17-20)13(8-11)18-16(23)19(3)7-6-15(21)22/h4-5,8-10H,6-7H2,1-3H3,(H,18,23)(H,21,22). The molecule has 1 aromatic heterocycles. The van der Waals surface area contributed by atoms with Crippen LogP contribution in [-0.2, 0) is 4.79 Å². The van der Waals surface area contributed by atoms with E-state index in [1.807, 2.05) is 38.2 Å². The minimum Gasteiger partial charge on any atom is -0.481 e. The van der Waals surface area contributed by atoms with Crippen molar-refractivity contribution < 1.29 is 14.7 Å². The van der Waals surface area contributed by atoms with Crippen LogP contribution in [0.25, 0.3) is 5.69 Å². The first-order chi connectivity index (χ1) is 10.9. The smallest absolute Gasteiger partial charge is 0.321 e. The summed E-state index contributed by atoms with van der Waals surface area (Å²) >= 11 is 0. The Bertz CT molecular complexity index is 724. The van der Waals surface area contributed by atoms with Gasteiger partial charge >= 0.3 is 12.0 Å². The molecule has 0 fully saturated rings. The van der Waals surface area contributed by atoms with Gasteiger partial charge in [0.1, 0.15) is 0 Å². The SMILES string of the molecule is Cc1ccc(-n2cc(C)cn2)c(NC(=O)N(C)CCC(=O)O)c1. The second kappa shape index (κ2) is 6.95. The summed E-state index contributed by atoms with van der Waals surface area (Å²) in [6.45, 7) is 4.01. The fraction of sp³-hybridized carbons (Fsp3) is 0.312. The lowest BCUT2D eigenvalue weighted by molar-refractivity contribution is -0.137. The number of rotatable bonds is 5. The van der Waals surface area contributed by atoms with E-state index in [2.05, 4.69) is 10.4 Å². The van der Waals surface area contributed by atoms with Gasteiger partial charge in [0.2, 0.25) is 0 Å². The summed E-state index contributed by atoms with van der Waals surface area (Å²) < 4.78 is 1.70. The Kier molecular flexibility index (Phi) is 5.00. The maximum atomic E-state index is 12.2. The van der Waals surface area contributed by atoms with Crippen LogP contribution in [0.5, 0.6) is 0 Å². The van der Waals surface area contributed by atoms with Crippen LogP contribution < -0.4 is 5.32 Å². The van der Waals surface area contributed by atoms with Crippen LogP contribution in [0.3, 0.4) is 0 Å². The number of hydrogen-bond donors (Lipinski definition) is 2. The van der Waals surface area contributed by atoms with E-state index in [4.69, 9.17) is 5.11 Å². The summed E-state index contributed by atoms with van der Waals surface area (Å²) in [7, 11) is 1.56. The molecule has 0 saturated carbocycles. The molecule has 0 saturated heterocycles. The van der Waals surface area contributed by atoms with Gasteiger partial charge in [-0.15, -0.1) is 0 Å². The summed E-state index contributed by atoms with van der Waals surface area (Å²) in [5, 5.41) is 15.8. The lowest BCUT2D eigenvalue weighted by Gasteiger charge is -2.19. The maximum Gasteiger partial charge on any atom is 0.321 e. The van der Waals surface area contributed by atoms with Crippen molar-refractivity contribution in [2.24, 2.45) is 0 Å². The predicted molar refractivity (Wildman–Crippen MR) is 86.9 cm³/mol. The van der Waals surface area contributed by atoms with Crippen LogP contribution in [0.2, 0.25) is 0 Å². The lowest BCUT2D eigenvalue weighted by atomic mass is 10.2. The van der Waals surface area contributed by atoms with E-state index in [-0.39, 0.29) is 19.0 Å². The minimum atomic E-state index is -0.937. The molecule has 0 spiro atoms. The zero-order valence-electron chi connectivity index (χ0n) is 13.4. The number of nitrogens with zero attached hydrogens (tertiary/aromatic N) is 3. The van der Waals surface area contributed by atoms with Crippen molar-refractivity contribution in [2.45, 2.75) is 20.3 Å². The highest BCUT2D eigenvalue weighted by Crippen LogP contribution is 2.22. The topological polar surface area (TPSA) is 87.5 Å². The number of anilines is 1. The van der Waals surface area contributed by atoms with Crippen LogP contribution in [0.1, 0.15) is 17.5 Å². The number of carboxylic acids is 1. The number of urea groups is 1. The number of aromatic nitrogens is 2. The number of aryl methyl sites for hydroxylation is 2. The Hall–Kier alpha value is -2.83. The largest absolute Gasteiger partial charge is 0.481 e. The van der Waals surface area contributed by atoms with Gasteiger partial charge in [0.05, 0.1) is 24.0 Å². The fourth-order valence-corrected chi connectivity index (χ4v) is 2.07. The van der Waals surface area contributed by atoms with Gasteiger partial charge in [0.15, 0.2) is 0 Å². The Labute approximate surface area is 134 Å². The van der Waals surface area contributed by atoms with Crippen molar-refractivity contribution in [3.05, 3.63) is 41.7 Å². The van der Waals surface area contributed by atoms with Gasteiger partial charge < -0.3 is 15.3 Å². The Morgan fingerprint density at radius 2 is 2.04 bits per heavy atom. The van der Waals surface area contributed by atoms with Gasteiger partial charge in [-0.05, 0) is 37.1 Å². The summed E-state index contributed by atoms with van der Waals surface area (Å²) in [4.78, 5) is 24.2. The molecule has 0 atom stereocenters. The zero-order chi connectivity index (χ0) is 17.0. The molecule has 0 aliphatic heterocycles. The van der Waals surface area contributed by atoms with Crippen molar-refractivity contribution in [1.29, 1.82) is 0 Å². The van der Waals surface area contributed by atoms with E-state index in [0.717, 1.165) is 16.8 Å². The first-order valence-electron chi connectivity index (χ1n) is 7.23. The van der Waals surface area contributed by atoms with Crippen LogP contribution >= 0.6 is 0 Å². The predicted octanol–water partition coefficient (Wildman–Crippen LogP) is 2.43. The number of nitrogens with one attached hydrogen (secondary N) is 1. The van der Waals surface area contributed by atoms with Gasteiger partial charge in [-0.2, -0.15) is 5.10 Å². The number of hydrogen-bond acceptors (Lipinski definition) is 3. The second-order valence-corrected chi connectivity index (χ2v) is 5.48. The Morgan fingerprint density at radius 1 is 1.30 bits per heavy atom. The van der Waals surface area contributed by atoms with E-state index in [0.29, 0.717) is 5.69 Å². The second-order valence-electron chi connectivity index (χ2n) is 5.48. The summed E-state index contributed by atoms with van der Waals surface area (Å²) in [6, 6.07) is 5.32. The summed E-state index contributed by atoms with van der Waals surface area (Å²) in [6.07, 6.45) is 3.52. The highest BCUT2D eigenvalue weighted by atomic mass is 16.4. The van der Waals surface area contributed by atoms with Crippen LogP contribution in [0.4, 0.5) is 10.5 Å². The molecule has 7 nitrogen and oxygen atoms in total. The third kappa shape index (κ3) is 4.32. The van der Waals surface area contributed by atoms with Gasteiger partial charge in [0.25, 0.3) is 0 Å². The lowest BCUT2D eigenvalue weighted by Crippen LogP contribution is -2.33. The van der Waals surface area contributed by atoms with Crippen LogP contribution in [0, 0.1) is 13.8 Å². The maximum absolute atomic E-state index is 12.2. The molecule has 1 aromatic carbocycles. The third-order valence-corrected chi connectivity index (χ3v) is 3.36. The molecular formula is C16H20N4O3. The Morgan fingerprint density at radius 3 is 2.65 bits per heavy atom. The molecule has 0 radical (unpaired) electrons. The minimum absolute atomic E-state index is 0.0943. The number of carbonyl (C=O) groups excluding carboxylic acids is 1. The molecule has 0 bridgehead atoms. The molecule has 0 unspecified atom stereocenters. The third-order valence-electron chi connectivity index (χ3n) is 3.36. The molecule has 7 heteroatoms. The highest BCUT2D eigenvalue weighted by Gasteiger charge is 2.14. The average molecular weight is 316 g/mol. The molecule has 2 rings (SSSR count). The monoisotopic (exact) mass is 316 g/mol. The van der Waals surface area contributed by atoms with E-state index < -0.39 is 5.97 Å². The molecule has 2 amide bonds. The van der Waals surface area contributed by atoms with Crippen molar-refractivity contribution in [2.75, 3.05) is 18.9 Å². The van der Waals surface area contributed by atoms with E-state index in [1.165, 1.54) is 4.90 Å². The van der Waals surface area contributed by atoms with Gasteiger partial charge in [-0.1, -0.05) is 6.07 Å². The van der Waals surface area contributed by atoms with Crippen molar-refractivity contribution in [3.8, 4) is 5.69 Å². The molecule has 2 aromatic rings. The number of carbonyl (C=O) groups is 2. The Balaban J connectivity index is 2.20. The van der Waals surface area contributed by atoms with Gasteiger partial charge in [0, 0.05) is 19.8 Å². The van der Waals surface area contributed by atoms with Gasteiger partial charge in [-0.3, -0.25) is 4.79 Å². The van der Waals surface area contributed by atoms with E-state index >= 15 is 0 Å². The fourth-order valence-electron chi connectivity index (χ4n) is 2.07. The summed E-state index contributed by atoms with van der Waals surface area (Å²) in [5.41, 5.74) is 3.39. The average Bonchev–Trinajstić information content (AvgIpc) is 2.91. The number of amides is 2.